The summed E-state index contributed by atoms with van der Waals surface area (Å²) in [5.74, 6) is 0.841. The van der Waals surface area contributed by atoms with Gasteiger partial charge in [0.15, 0.2) is 0 Å². The first-order valence-corrected chi connectivity index (χ1v) is 9.65. The Morgan fingerprint density at radius 3 is 2.58 bits per heavy atom. The molecule has 0 unspecified atom stereocenters. The zero-order chi connectivity index (χ0) is 18.4. The zero-order valence-corrected chi connectivity index (χ0v) is 15.7. The van der Waals surface area contributed by atoms with Crippen molar-refractivity contribution in [3.63, 3.8) is 0 Å². The van der Waals surface area contributed by atoms with Crippen molar-refractivity contribution < 1.29 is 4.79 Å². The number of nitrogens with one attached hydrogen (secondary N) is 2. The van der Waals surface area contributed by atoms with Crippen LogP contribution in [0, 0.1) is 0 Å². The van der Waals surface area contributed by atoms with Crippen LogP contribution in [0.5, 0.6) is 0 Å². The van der Waals surface area contributed by atoms with Gasteiger partial charge in [0.25, 0.3) is 5.91 Å². The minimum atomic E-state index is -0.0340. The molecule has 1 heterocycles. The number of hydrogen-bond acceptors (Lipinski definition) is 4. The van der Waals surface area contributed by atoms with Gasteiger partial charge >= 0.3 is 0 Å². The van der Waals surface area contributed by atoms with Crippen molar-refractivity contribution in [3.8, 4) is 11.3 Å². The Kier molecular flexibility index (Phi) is 6.21. The second-order valence-electron chi connectivity index (χ2n) is 7.13. The maximum absolute atomic E-state index is 12.2. The van der Waals surface area contributed by atoms with E-state index in [0.29, 0.717) is 11.6 Å². The standard InChI is InChI=1S/C21H28N4O/c1-3-15(2)24-21(26)17-11-9-16(10-12-17)19-13-20(23-14-22-19)25-18-7-5-4-6-8-18/h9-15,18H,3-8H2,1-2H3,(H,24,26)(H,22,23,25)/t15-/m1/s1. The average Bonchev–Trinajstić information content (AvgIpc) is 2.69. The van der Waals surface area contributed by atoms with E-state index in [1.165, 1.54) is 32.1 Å². The molecule has 26 heavy (non-hydrogen) atoms. The van der Waals surface area contributed by atoms with Gasteiger partial charge in [-0.05, 0) is 38.3 Å². The van der Waals surface area contributed by atoms with Gasteiger partial charge in [0.1, 0.15) is 12.1 Å². The third-order valence-electron chi connectivity index (χ3n) is 5.06. The van der Waals surface area contributed by atoms with Crippen LogP contribution in [0.4, 0.5) is 5.82 Å². The fraction of sp³-hybridized carbons (Fsp3) is 0.476. The minimum absolute atomic E-state index is 0.0340. The van der Waals surface area contributed by atoms with Crippen molar-refractivity contribution in [1.82, 2.24) is 15.3 Å². The third-order valence-corrected chi connectivity index (χ3v) is 5.06. The van der Waals surface area contributed by atoms with Crippen molar-refractivity contribution in [2.45, 2.75) is 64.5 Å². The summed E-state index contributed by atoms with van der Waals surface area (Å²) in [6.07, 6.45) is 8.85. The Morgan fingerprint density at radius 2 is 1.88 bits per heavy atom. The second-order valence-corrected chi connectivity index (χ2v) is 7.13. The predicted octanol–water partition coefficient (Wildman–Crippen LogP) is 4.42. The molecule has 5 heteroatoms. The average molecular weight is 352 g/mol. The molecule has 1 aromatic carbocycles. The largest absolute Gasteiger partial charge is 0.367 e. The van der Waals surface area contributed by atoms with Crippen LogP contribution >= 0.6 is 0 Å². The van der Waals surface area contributed by atoms with Gasteiger partial charge < -0.3 is 10.6 Å². The molecule has 0 saturated heterocycles. The monoisotopic (exact) mass is 352 g/mol. The molecule has 0 spiro atoms. The first-order valence-electron chi connectivity index (χ1n) is 9.65. The van der Waals surface area contributed by atoms with Crippen LogP contribution < -0.4 is 10.6 Å². The number of rotatable bonds is 6. The Morgan fingerprint density at radius 1 is 1.15 bits per heavy atom. The summed E-state index contributed by atoms with van der Waals surface area (Å²) < 4.78 is 0. The summed E-state index contributed by atoms with van der Waals surface area (Å²) in [7, 11) is 0. The quantitative estimate of drug-likeness (QED) is 0.808. The van der Waals surface area contributed by atoms with Crippen LogP contribution in [0.3, 0.4) is 0 Å². The van der Waals surface area contributed by atoms with Crippen molar-refractivity contribution in [2.24, 2.45) is 0 Å². The lowest BCUT2D eigenvalue weighted by Gasteiger charge is -2.23. The van der Waals surface area contributed by atoms with Crippen molar-refractivity contribution in [1.29, 1.82) is 0 Å². The van der Waals surface area contributed by atoms with Crippen LogP contribution in [0.15, 0.2) is 36.7 Å². The molecule has 138 valence electrons. The van der Waals surface area contributed by atoms with Crippen LogP contribution in [-0.2, 0) is 0 Å². The number of nitrogens with zero attached hydrogens (tertiary/aromatic N) is 2. The van der Waals surface area contributed by atoms with Crippen LogP contribution in [0.25, 0.3) is 11.3 Å². The number of hydrogen-bond donors (Lipinski definition) is 2. The van der Waals surface area contributed by atoms with Gasteiger partial charge in [0.05, 0.1) is 5.69 Å². The molecule has 0 bridgehead atoms. The summed E-state index contributed by atoms with van der Waals surface area (Å²) in [5.41, 5.74) is 2.52. The highest BCUT2D eigenvalue weighted by molar-refractivity contribution is 5.94. The highest BCUT2D eigenvalue weighted by Gasteiger charge is 2.14. The van der Waals surface area contributed by atoms with Gasteiger partial charge in [-0.2, -0.15) is 0 Å². The van der Waals surface area contributed by atoms with E-state index in [-0.39, 0.29) is 11.9 Å². The van der Waals surface area contributed by atoms with Crippen molar-refractivity contribution in [3.05, 3.63) is 42.2 Å². The first-order chi connectivity index (χ1) is 12.7. The first kappa shape index (κ1) is 18.4. The molecule has 2 N–H and O–H groups in total. The van der Waals surface area contributed by atoms with Gasteiger partial charge in [-0.3, -0.25) is 4.79 Å². The van der Waals surface area contributed by atoms with E-state index in [2.05, 4.69) is 27.5 Å². The molecule has 5 nitrogen and oxygen atoms in total. The topological polar surface area (TPSA) is 66.9 Å². The van der Waals surface area contributed by atoms with E-state index < -0.39 is 0 Å². The molecule has 0 aliphatic heterocycles. The third kappa shape index (κ3) is 4.81. The molecule has 1 aliphatic rings. The summed E-state index contributed by atoms with van der Waals surface area (Å²) in [6.45, 7) is 4.07. The molecule has 1 saturated carbocycles. The van der Waals surface area contributed by atoms with Gasteiger partial charge in [-0.25, -0.2) is 9.97 Å². The Hall–Kier alpha value is -2.43. The van der Waals surface area contributed by atoms with Crippen molar-refractivity contribution in [2.75, 3.05) is 5.32 Å². The molecule has 1 aromatic heterocycles. The highest BCUT2D eigenvalue weighted by atomic mass is 16.1. The molecular formula is C21H28N4O. The Labute approximate surface area is 155 Å². The van der Waals surface area contributed by atoms with Crippen LogP contribution in [-0.4, -0.2) is 28.0 Å². The van der Waals surface area contributed by atoms with Crippen LogP contribution in [0.1, 0.15) is 62.7 Å². The molecule has 2 aromatic rings. The van der Waals surface area contributed by atoms with Crippen molar-refractivity contribution >= 4 is 11.7 Å². The second kappa shape index (κ2) is 8.79. The van der Waals surface area contributed by atoms with E-state index in [1.807, 2.05) is 37.3 Å². The maximum Gasteiger partial charge on any atom is 0.251 e. The molecule has 0 radical (unpaired) electrons. The Bertz CT molecular complexity index is 723. The summed E-state index contributed by atoms with van der Waals surface area (Å²) in [6, 6.07) is 10.3. The number of carbonyl (C=O) groups excluding carboxylic acids is 1. The lowest BCUT2D eigenvalue weighted by atomic mass is 9.95. The lowest BCUT2D eigenvalue weighted by Crippen LogP contribution is -2.31. The molecular weight excluding hydrogens is 324 g/mol. The molecule has 1 fully saturated rings. The van der Waals surface area contributed by atoms with Gasteiger partial charge in [0.2, 0.25) is 0 Å². The lowest BCUT2D eigenvalue weighted by molar-refractivity contribution is 0.0939. The zero-order valence-electron chi connectivity index (χ0n) is 15.7. The Balaban J connectivity index is 1.68. The van der Waals surface area contributed by atoms with Gasteiger partial charge in [-0.15, -0.1) is 0 Å². The summed E-state index contributed by atoms with van der Waals surface area (Å²) in [4.78, 5) is 20.9. The summed E-state index contributed by atoms with van der Waals surface area (Å²) in [5, 5.41) is 6.52. The molecule has 1 atom stereocenters. The number of anilines is 1. The smallest absolute Gasteiger partial charge is 0.251 e. The normalized spacial score (nSPS) is 16.1. The number of amides is 1. The number of benzene rings is 1. The fourth-order valence-corrected chi connectivity index (χ4v) is 3.25. The summed E-state index contributed by atoms with van der Waals surface area (Å²) >= 11 is 0. The minimum Gasteiger partial charge on any atom is -0.367 e. The fourth-order valence-electron chi connectivity index (χ4n) is 3.25. The van der Waals surface area contributed by atoms with E-state index in [1.54, 1.807) is 6.33 Å². The van der Waals surface area contributed by atoms with Gasteiger partial charge in [0, 0.05) is 29.3 Å². The predicted molar refractivity (Wildman–Crippen MR) is 105 cm³/mol. The van der Waals surface area contributed by atoms with Gasteiger partial charge in [-0.1, -0.05) is 38.3 Å². The van der Waals surface area contributed by atoms with E-state index >= 15 is 0 Å². The van der Waals surface area contributed by atoms with E-state index in [4.69, 9.17) is 0 Å². The van der Waals surface area contributed by atoms with E-state index in [9.17, 15) is 4.79 Å². The molecule has 3 rings (SSSR count). The number of carbonyl (C=O) groups is 1. The number of aromatic nitrogens is 2. The molecule has 1 amide bonds. The van der Waals surface area contributed by atoms with E-state index in [0.717, 1.165) is 23.5 Å². The SMILES string of the molecule is CC[C@@H](C)NC(=O)c1ccc(-c2cc(NC3CCCCC3)ncn2)cc1. The maximum atomic E-state index is 12.2. The molecule has 1 aliphatic carbocycles. The van der Waals surface area contributed by atoms with Crippen LogP contribution in [0.2, 0.25) is 0 Å². The highest BCUT2D eigenvalue weighted by Crippen LogP contribution is 2.23.